The third-order valence-corrected chi connectivity index (χ3v) is 5.64. The number of benzene rings is 1. The van der Waals surface area contributed by atoms with Gasteiger partial charge in [0.05, 0.1) is 23.2 Å². The van der Waals surface area contributed by atoms with E-state index in [1.807, 2.05) is 0 Å². The van der Waals surface area contributed by atoms with E-state index in [2.05, 4.69) is 5.10 Å². The molecule has 116 valence electrons. The van der Waals surface area contributed by atoms with Crippen LogP contribution in [0.1, 0.15) is 28.8 Å². The Labute approximate surface area is 126 Å². The first-order chi connectivity index (χ1) is 10.3. The third kappa shape index (κ3) is 2.39. The first-order valence-electron chi connectivity index (χ1n) is 6.63. The zero-order chi connectivity index (χ0) is 16.1. The molecule has 1 aliphatic carbocycles. The molecule has 6 nitrogen and oxygen atoms in total. The van der Waals surface area contributed by atoms with Crippen molar-refractivity contribution in [1.29, 1.82) is 0 Å². The fourth-order valence-electron chi connectivity index (χ4n) is 2.20. The van der Waals surface area contributed by atoms with Crippen molar-refractivity contribution in [2.24, 2.45) is 0 Å². The Morgan fingerprint density at radius 2 is 2.09 bits per heavy atom. The minimum absolute atomic E-state index is 0.230. The molecule has 0 aliphatic heterocycles. The molecule has 1 heterocycles. The molecule has 0 spiro atoms. The van der Waals surface area contributed by atoms with Gasteiger partial charge in [-0.05, 0) is 43.0 Å². The van der Waals surface area contributed by atoms with Crippen molar-refractivity contribution in [1.82, 2.24) is 9.19 Å². The summed E-state index contributed by atoms with van der Waals surface area (Å²) in [7, 11) is -3.52. The van der Waals surface area contributed by atoms with Gasteiger partial charge in [0, 0.05) is 5.56 Å². The third-order valence-electron chi connectivity index (χ3n) is 3.61. The monoisotopic (exact) mass is 324 g/mol. The van der Waals surface area contributed by atoms with Crippen LogP contribution in [0.4, 0.5) is 4.39 Å². The average molecular weight is 324 g/mol. The molecule has 0 saturated heterocycles. The lowest BCUT2D eigenvalue weighted by Crippen LogP contribution is -2.17. The maximum absolute atomic E-state index is 13.6. The van der Waals surface area contributed by atoms with Gasteiger partial charge in [0.15, 0.2) is 0 Å². The lowest BCUT2D eigenvalue weighted by Gasteiger charge is -2.06. The molecule has 0 atom stereocenters. The van der Waals surface area contributed by atoms with E-state index >= 15 is 0 Å². The number of hydrogen-bond acceptors (Lipinski definition) is 4. The number of halogens is 1. The molecule has 1 aromatic heterocycles. The minimum Gasteiger partial charge on any atom is -0.478 e. The second kappa shape index (κ2) is 4.91. The highest BCUT2D eigenvalue weighted by Crippen LogP contribution is 2.31. The second-order valence-electron chi connectivity index (χ2n) is 5.30. The number of carboxylic acid groups (broad SMARTS) is 1. The predicted molar refractivity (Wildman–Crippen MR) is 76.7 cm³/mol. The highest BCUT2D eigenvalue weighted by atomic mass is 32.2. The molecule has 1 aliphatic rings. The maximum Gasteiger partial charge on any atom is 0.336 e. The highest BCUT2D eigenvalue weighted by molar-refractivity contribution is 7.90. The van der Waals surface area contributed by atoms with Crippen LogP contribution < -0.4 is 0 Å². The first-order valence-corrected chi connectivity index (χ1v) is 8.14. The van der Waals surface area contributed by atoms with Gasteiger partial charge in [-0.15, -0.1) is 0 Å². The zero-order valence-electron chi connectivity index (χ0n) is 11.7. The molecule has 22 heavy (non-hydrogen) atoms. The smallest absolute Gasteiger partial charge is 0.336 e. The van der Waals surface area contributed by atoms with E-state index in [1.165, 1.54) is 25.4 Å². The Kier molecular flexibility index (Phi) is 3.28. The van der Waals surface area contributed by atoms with Crippen LogP contribution in [-0.2, 0) is 10.0 Å². The fraction of sp³-hybridized carbons (Fsp3) is 0.286. The van der Waals surface area contributed by atoms with Crippen molar-refractivity contribution in [2.45, 2.75) is 25.0 Å². The number of hydrogen-bond donors (Lipinski definition) is 1. The minimum atomic E-state index is -3.52. The molecule has 0 amide bonds. The van der Waals surface area contributed by atoms with Crippen LogP contribution in [0.2, 0.25) is 0 Å². The van der Waals surface area contributed by atoms with Crippen molar-refractivity contribution in [2.75, 3.05) is 0 Å². The number of aryl methyl sites for hydroxylation is 1. The largest absolute Gasteiger partial charge is 0.478 e. The molecule has 1 saturated carbocycles. The van der Waals surface area contributed by atoms with E-state index in [9.17, 15) is 22.7 Å². The predicted octanol–water partition coefficient (Wildman–Crippen LogP) is 2.04. The Hall–Kier alpha value is -2.22. The number of aromatic nitrogens is 2. The van der Waals surface area contributed by atoms with Crippen molar-refractivity contribution in [3.05, 3.63) is 41.5 Å². The van der Waals surface area contributed by atoms with Crippen LogP contribution in [0.3, 0.4) is 0 Å². The van der Waals surface area contributed by atoms with Crippen LogP contribution in [0.25, 0.3) is 11.1 Å². The van der Waals surface area contributed by atoms with E-state index in [4.69, 9.17) is 0 Å². The van der Waals surface area contributed by atoms with Crippen LogP contribution >= 0.6 is 0 Å². The maximum atomic E-state index is 13.6. The van der Waals surface area contributed by atoms with Crippen molar-refractivity contribution in [3.8, 4) is 11.1 Å². The summed E-state index contributed by atoms with van der Waals surface area (Å²) in [5, 5.41) is 12.6. The Bertz CT molecular complexity index is 869. The van der Waals surface area contributed by atoms with Crippen LogP contribution in [-0.4, -0.2) is 33.9 Å². The summed E-state index contributed by atoms with van der Waals surface area (Å²) < 4.78 is 38.6. The topological polar surface area (TPSA) is 89.3 Å². The summed E-state index contributed by atoms with van der Waals surface area (Å²) in [6, 6.07) is 2.31. The Balaban J connectivity index is 2.11. The summed E-state index contributed by atoms with van der Waals surface area (Å²) in [5.41, 5.74) is 0.609. The molecule has 3 rings (SSSR count). The zero-order valence-corrected chi connectivity index (χ0v) is 12.5. The first kappa shape index (κ1) is 14.7. The second-order valence-corrected chi connectivity index (χ2v) is 7.37. The van der Waals surface area contributed by atoms with Gasteiger partial charge in [-0.1, -0.05) is 0 Å². The Morgan fingerprint density at radius 3 is 2.68 bits per heavy atom. The van der Waals surface area contributed by atoms with Gasteiger partial charge >= 0.3 is 5.97 Å². The molecular formula is C14H13FN2O4S. The van der Waals surface area contributed by atoms with Gasteiger partial charge in [-0.25, -0.2) is 17.6 Å². The van der Waals surface area contributed by atoms with Gasteiger partial charge in [-0.2, -0.15) is 9.19 Å². The standard InChI is InChI=1S/C14H13FN2O4S/c1-8-4-11(12(14(18)19)5-13(8)15)9-6-16-17(7-9)22(20,21)10-2-3-10/h4-7,10H,2-3H2,1H3,(H,18,19). The SMILES string of the molecule is Cc1cc(-c2cnn(S(=O)(=O)C3CC3)c2)c(C(=O)O)cc1F. The van der Waals surface area contributed by atoms with E-state index in [1.54, 1.807) is 0 Å². The summed E-state index contributed by atoms with van der Waals surface area (Å²) >= 11 is 0. The van der Waals surface area contributed by atoms with Crippen LogP contribution in [0, 0.1) is 12.7 Å². The van der Waals surface area contributed by atoms with Gasteiger partial charge in [0.1, 0.15) is 5.82 Å². The fourth-order valence-corrected chi connectivity index (χ4v) is 3.68. The van der Waals surface area contributed by atoms with Crippen molar-refractivity contribution < 1.29 is 22.7 Å². The molecule has 1 aromatic carbocycles. The number of nitrogens with zero attached hydrogens (tertiary/aromatic N) is 2. The molecule has 8 heteroatoms. The van der Waals surface area contributed by atoms with E-state index in [0.29, 0.717) is 18.4 Å². The van der Waals surface area contributed by atoms with E-state index in [0.717, 1.165) is 10.2 Å². The quantitative estimate of drug-likeness (QED) is 0.929. The van der Waals surface area contributed by atoms with E-state index in [-0.39, 0.29) is 16.7 Å². The normalized spacial score (nSPS) is 15.0. The summed E-state index contributed by atoms with van der Waals surface area (Å²) in [5.74, 6) is -1.91. The molecule has 1 fully saturated rings. The molecule has 1 N–H and O–H groups in total. The number of carboxylic acids is 1. The van der Waals surface area contributed by atoms with Crippen LogP contribution in [0.15, 0.2) is 24.5 Å². The summed E-state index contributed by atoms with van der Waals surface area (Å²) in [6.07, 6.45) is 3.76. The van der Waals surface area contributed by atoms with Gasteiger partial charge in [-0.3, -0.25) is 0 Å². The van der Waals surface area contributed by atoms with Crippen LogP contribution in [0.5, 0.6) is 0 Å². The average Bonchev–Trinajstić information content (AvgIpc) is 3.19. The number of rotatable bonds is 4. The van der Waals surface area contributed by atoms with E-state index < -0.39 is 27.1 Å². The van der Waals surface area contributed by atoms with Crippen molar-refractivity contribution in [3.63, 3.8) is 0 Å². The van der Waals surface area contributed by atoms with Gasteiger partial charge < -0.3 is 5.11 Å². The summed E-state index contributed by atoms with van der Waals surface area (Å²) in [4.78, 5) is 11.3. The molecule has 0 unspecified atom stereocenters. The number of aromatic carboxylic acids is 1. The lowest BCUT2D eigenvalue weighted by molar-refractivity contribution is 0.0697. The summed E-state index contributed by atoms with van der Waals surface area (Å²) in [6.45, 7) is 1.51. The molecular weight excluding hydrogens is 311 g/mol. The number of carbonyl (C=O) groups is 1. The molecule has 2 aromatic rings. The highest BCUT2D eigenvalue weighted by Gasteiger charge is 2.37. The molecule has 0 radical (unpaired) electrons. The Morgan fingerprint density at radius 1 is 1.41 bits per heavy atom. The lowest BCUT2D eigenvalue weighted by atomic mass is 9.99. The van der Waals surface area contributed by atoms with Gasteiger partial charge in [0.2, 0.25) is 0 Å². The van der Waals surface area contributed by atoms with Crippen molar-refractivity contribution >= 4 is 16.0 Å². The molecule has 0 bridgehead atoms. The van der Waals surface area contributed by atoms with Gasteiger partial charge in [0.25, 0.3) is 10.0 Å².